The van der Waals surface area contributed by atoms with Crippen molar-refractivity contribution in [1.29, 1.82) is 0 Å². The minimum Gasteiger partial charge on any atom is -0.394 e. The number of amides is 1. The second kappa shape index (κ2) is 4.00. The Morgan fingerprint density at radius 3 is 3.27 bits per heavy atom. The normalized spacial score (nSPS) is 16.3. The summed E-state index contributed by atoms with van der Waals surface area (Å²) in [5.74, 6) is -0.226. The lowest BCUT2D eigenvalue weighted by atomic mass is 10.2. The third-order valence-electron chi connectivity index (χ3n) is 2.61. The average Bonchev–Trinajstić information content (AvgIpc) is 2.70. The molecule has 0 saturated carbocycles. The Hall–Kier alpha value is -1.39. The fourth-order valence-corrected chi connectivity index (χ4v) is 1.78. The van der Waals surface area contributed by atoms with E-state index in [-0.39, 0.29) is 12.5 Å². The van der Waals surface area contributed by atoms with Crippen LogP contribution >= 0.6 is 0 Å². The number of hydrogen-bond acceptors (Lipinski definition) is 3. The molecular formula is C11H13N2O2. The van der Waals surface area contributed by atoms with Gasteiger partial charge in [-0.25, -0.2) is 0 Å². The first kappa shape index (κ1) is 10.1. The lowest BCUT2D eigenvalue weighted by Gasteiger charge is -2.20. The van der Waals surface area contributed by atoms with Crippen LogP contribution < -0.4 is 10.6 Å². The van der Waals surface area contributed by atoms with E-state index in [1.165, 1.54) is 0 Å². The number of carbonyl (C=O) groups is 1. The third-order valence-corrected chi connectivity index (χ3v) is 2.61. The summed E-state index contributed by atoms with van der Waals surface area (Å²) in [6, 6.07) is 7.68. The van der Waals surface area contributed by atoms with Crippen LogP contribution in [0.15, 0.2) is 18.2 Å². The molecule has 15 heavy (non-hydrogen) atoms. The van der Waals surface area contributed by atoms with E-state index in [9.17, 15) is 4.79 Å². The maximum atomic E-state index is 11.8. The van der Waals surface area contributed by atoms with Crippen LogP contribution in [0.5, 0.6) is 0 Å². The summed E-state index contributed by atoms with van der Waals surface area (Å²) < 4.78 is 0. The van der Waals surface area contributed by atoms with E-state index in [0.717, 1.165) is 17.7 Å². The van der Waals surface area contributed by atoms with Gasteiger partial charge in [-0.15, -0.1) is 0 Å². The molecule has 0 aromatic heterocycles. The molecule has 1 aliphatic heterocycles. The number of aliphatic hydroxyl groups excluding tert-OH is 1. The Morgan fingerprint density at radius 2 is 2.53 bits per heavy atom. The van der Waals surface area contributed by atoms with Crippen molar-refractivity contribution in [2.45, 2.75) is 12.5 Å². The fourth-order valence-electron chi connectivity index (χ4n) is 1.78. The SMILES string of the molecule is N[C@@H](CO)C(=O)N1CCc2cc[c]cc21. The van der Waals surface area contributed by atoms with Crippen LogP contribution in [0, 0.1) is 6.07 Å². The lowest BCUT2D eigenvalue weighted by Crippen LogP contribution is -2.45. The molecule has 4 nitrogen and oxygen atoms in total. The van der Waals surface area contributed by atoms with Gasteiger partial charge in [0, 0.05) is 12.2 Å². The molecule has 0 spiro atoms. The zero-order valence-corrected chi connectivity index (χ0v) is 8.31. The number of benzene rings is 1. The first-order valence-electron chi connectivity index (χ1n) is 4.91. The van der Waals surface area contributed by atoms with Crippen molar-refractivity contribution in [2.75, 3.05) is 18.1 Å². The first-order valence-corrected chi connectivity index (χ1v) is 4.91. The van der Waals surface area contributed by atoms with Gasteiger partial charge in [-0.2, -0.15) is 0 Å². The molecule has 1 aromatic carbocycles. The zero-order valence-electron chi connectivity index (χ0n) is 8.31. The Balaban J connectivity index is 2.24. The number of rotatable bonds is 2. The van der Waals surface area contributed by atoms with Gasteiger partial charge in [0.2, 0.25) is 5.91 Å². The maximum absolute atomic E-state index is 11.8. The molecule has 1 heterocycles. The highest BCUT2D eigenvalue weighted by atomic mass is 16.3. The molecule has 0 fully saturated rings. The number of carbonyl (C=O) groups excluding carboxylic acids is 1. The molecule has 79 valence electrons. The fraction of sp³-hybridized carbons (Fsp3) is 0.364. The summed E-state index contributed by atoms with van der Waals surface area (Å²) in [6.45, 7) is 0.320. The topological polar surface area (TPSA) is 66.6 Å². The van der Waals surface area contributed by atoms with Gasteiger partial charge in [-0.3, -0.25) is 4.79 Å². The van der Waals surface area contributed by atoms with E-state index < -0.39 is 6.04 Å². The summed E-state index contributed by atoms with van der Waals surface area (Å²) in [4.78, 5) is 13.4. The molecular weight excluding hydrogens is 192 g/mol. The van der Waals surface area contributed by atoms with E-state index in [0.29, 0.717) is 6.54 Å². The van der Waals surface area contributed by atoms with Crippen LogP contribution in [0.25, 0.3) is 0 Å². The van der Waals surface area contributed by atoms with E-state index in [4.69, 9.17) is 10.8 Å². The molecule has 1 radical (unpaired) electrons. The van der Waals surface area contributed by atoms with Crippen molar-refractivity contribution in [1.82, 2.24) is 0 Å². The number of nitrogens with two attached hydrogens (primary N) is 1. The quantitative estimate of drug-likeness (QED) is 0.696. The lowest BCUT2D eigenvalue weighted by molar-refractivity contribution is -0.120. The zero-order chi connectivity index (χ0) is 10.8. The van der Waals surface area contributed by atoms with Crippen molar-refractivity contribution in [3.63, 3.8) is 0 Å². The first-order chi connectivity index (χ1) is 7.24. The highest BCUT2D eigenvalue weighted by Crippen LogP contribution is 2.27. The predicted octanol–water partition coefficient (Wildman–Crippen LogP) is -0.305. The van der Waals surface area contributed by atoms with Gasteiger partial charge in [-0.1, -0.05) is 12.1 Å². The minimum absolute atomic E-state index is 0.226. The van der Waals surface area contributed by atoms with Crippen LogP contribution in [0.3, 0.4) is 0 Å². The van der Waals surface area contributed by atoms with E-state index in [1.54, 1.807) is 11.0 Å². The summed E-state index contributed by atoms with van der Waals surface area (Å²) in [7, 11) is 0. The van der Waals surface area contributed by atoms with E-state index in [2.05, 4.69) is 6.07 Å². The monoisotopic (exact) mass is 205 g/mol. The highest BCUT2D eigenvalue weighted by molar-refractivity contribution is 5.98. The molecule has 0 saturated heterocycles. The Kier molecular flexibility index (Phi) is 2.70. The number of fused-ring (bicyclic) bond motifs is 1. The van der Waals surface area contributed by atoms with Gasteiger partial charge >= 0.3 is 0 Å². The molecule has 2 rings (SSSR count). The van der Waals surface area contributed by atoms with Crippen LogP contribution in [0.1, 0.15) is 5.56 Å². The third kappa shape index (κ3) is 1.73. The second-order valence-electron chi connectivity index (χ2n) is 3.58. The van der Waals surface area contributed by atoms with Crippen LogP contribution in [-0.4, -0.2) is 30.2 Å². The van der Waals surface area contributed by atoms with Gasteiger partial charge in [0.15, 0.2) is 0 Å². The van der Waals surface area contributed by atoms with Crippen molar-refractivity contribution in [2.24, 2.45) is 5.73 Å². The molecule has 4 heteroatoms. The molecule has 1 aromatic rings. The van der Waals surface area contributed by atoms with Crippen molar-refractivity contribution < 1.29 is 9.90 Å². The van der Waals surface area contributed by atoms with Crippen LogP contribution in [0.4, 0.5) is 5.69 Å². The van der Waals surface area contributed by atoms with Crippen molar-refractivity contribution >= 4 is 11.6 Å². The molecule has 3 N–H and O–H groups in total. The minimum atomic E-state index is -0.823. The van der Waals surface area contributed by atoms with Gasteiger partial charge in [-0.05, 0) is 24.1 Å². The Bertz CT molecular complexity index is 379. The van der Waals surface area contributed by atoms with Crippen molar-refractivity contribution in [3.8, 4) is 0 Å². The van der Waals surface area contributed by atoms with Crippen LogP contribution in [-0.2, 0) is 11.2 Å². The second-order valence-corrected chi connectivity index (χ2v) is 3.58. The van der Waals surface area contributed by atoms with Gasteiger partial charge < -0.3 is 15.7 Å². The smallest absolute Gasteiger partial charge is 0.246 e. The molecule has 0 aliphatic carbocycles. The average molecular weight is 205 g/mol. The summed E-state index contributed by atoms with van der Waals surface area (Å²) >= 11 is 0. The predicted molar refractivity (Wildman–Crippen MR) is 56.4 cm³/mol. The number of aliphatic hydroxyl groups is 1. The standard InChI is InChI=1S/C11H13N2O2/c12-9(7-14)11(15)13-6-5-8-3-1-2-4-10(8)13/h1,3-4,9,14H,5-7,12H2/t9-/m0/s1. The molecule has 1 atom stereocenters. The molecule has 0 unspecified atom stereocenters. The molecule has 1 aliphatic rings. The van der Waals surface area contributed by atoms with E-state index in [1.807, 2.05) is 12.1 Å². The van der Waals surface area contributed by atoms with Crippen molar-refractivity contribution in [3.05, 3.63) is 29.8 Å². The summed E-state index contributed by atoms with van der Waals surface area (Å²) in [6.07, 6.45) is 0.841. The van der Waals surface area contributed by atoms with Gasteiger partial charge in [0.05, 0.1) is 6.61 Å². The van der Waals surface area contributed by atoms with Crippen LogP contribution in [0.2, 0.25) is 0 Å². The molecule has 0 bridgehead atoms. The Labute approximate surface area is 88.3 Å². The molecule has 1 amide bonds. The number of nitrogens with zero attached hydrogens (tertiary/aromatic N) is 1. The highest BCUT2D eigenvalue weighted by Gasteiger charge is 2.27. The Morgan fingerprint density at radius 1 is 1.73 bits per heavy atom. The van der Waals surface area contributed by atoms with E-state index >= 15 is 0 Å². The summed E-state index contributed by atoms with van der Waals surface area (Å²) in [5.41, 5.74) is 7.50. The van der Waals surface area contributed by atoms with Gasteiger partial charge in [0.25, 0.3) is 0 Å². The summed E-state index contributed by atoms with van der Waals surface area (Å²) in [5, 5.41) is 8.83. The number of hydrogen-bond donors (Lipinski definition) is 2. The van der Waals surface area contributed by atoms with Gasteiger partial charge in [0.1, 0.15) is 6.04 Å². The maximum Gasteiger partial charge on any atom is 0.246 e. The largest absolute Gasteiger partial charge is 0.394 e. The number of anilines is 1.